The summed E-state index contributed by atoms with van der Waals surface area (Å²) in [4.78, 5) is 39.3. The van der Waals surface area contributed by atoms with E-state index in [4.69, 9.17) is 11.5 Å². The quantitative estimate of drug-likeness (QED) is 0.410. The van der Waals surface area contributed by atoms with E-state index in [0.717, 1.165) is 11.3 Å². The molecule has 2 aromatic heterocycles. The van der Waals surface area contributed by atoms with Crippen LogP contribution in [0.2, 0.25) is 0 Å². The third-order valence-corrected chi connectivity index (χ3v) is 6.61. The highest BCUT2D eigenvalue weighted by Crippen LogP contribution is 2.33. The molecule has 2 amide bonds. The number of hydrogen-bond donors (Lipinski definition) is 4. The minimum Gasteiger partial charge on any atom is -0.399 e. The largest absolute Gasteiger partial charge is 0.399 e. The lowest BCUT2D eigenvalue weighted by atomic mass is 9.86. The van der Waals surface area contributed by atoms with Crippen molar-refractivity contribution in [1.82, 2.24) is 20.3 Å². The van der Waals surface area contributed by atoms with Crippen LogP contribution >= 0.6 is 11.3 Å². The number of piperidine rings is 1. The van der Waals surface area contributed by atoms with Gasteiger partial charge < -0.3 is 27.0 Å². The number of hydrogen-bond acceptors (Lipinski definition) is 9. The van der Waals surface area contributed by atoms with Gasteiger partial charge in [0.05, 0.1) is 11.4 Å². The van der Waals surface area contributed by atoms with Gasteiger partial charge in [-0.05, 0) is 38.1 Å². The molecule has 1 fully saturated rings. The van der Waals surface area contributed by atoms with Crippen LogP contribution in [0.15, 0.2) is 42.3 Å². The summed E-state index contributed by atoms with van der Waals surface area (Å²) in [6.07, 6.45) is 5.86. The molecule has 0 aliphatic carbocycles. The van der Waals surface area contributed by atoms with E-state index in [9.17, 15) is 9.59 Å². The maximum Gasteiger partial charge on any atom is 0.275 e. The number of nitrogens with one attached hydrogen (secondary N) is 2. The van der Waals surface area contributed by atoms with Crippen molar-refractivity contribution in [3.05, 3.63) is 48.0 Å². The molecule has 0 bridgehead atoms. The van der Waals surface area contributed by atoms with Gasteiger partial charge >= 0.3 is 0 Å². The van der Waals surface area contributed by atoms with Crippen molar-refractivity contribution in [2.24, 2.45) is 5.73 Å². The van der Waals surface area contributed by atoms with Crippen molar-refractivity contribution in [3.8, 4) is 10.6 Å². The monoisotopic (exact) mass is 452 g/mol. The van der Waals surface area contributed by atoms with E-state index in [1.54, 1.807) is 37.0 Å². The molecular formula is C21H24N8O2S. The second-order valence-corrected chi connectivity index (χ2v) is 8.44. The Labute approximate surface area is 189 Å². The molecule has 1 aromatic carbocycles. The van der Waals surface area contributed by atoms with Gasteiger partial charge in [-0.3, -0.25) is 9.59 Å². The van der Waals surface area contributed by atoms with Gasteiger partial charge in [0, 0.05) is 42.1 Å². The third kappa shape index (κ3) is 4.25. The average Bonchev–Trinajstić information content (AvgIpc) is 3.30. The summed E-state index contributed by atoms with van der Waals surface area (Å²) in [6, 6.07) is 5.38. The summed E-state index contributed by atoms with van der Waals surface area (Å²) in [6.45, 7) is 1.21. The van der Waals surface area contributed by atoms with Crippen LogP contribution in [0.25, 0.3) is 10.6 Å². The second kappa shape index (κ2) is 8.89. The lowest BCUT2D eigenvalue weighted by Gasteiger charge is -2.41. The zero-order chi connectivity index (χ0) is 22.7. The number of rotatable bonds is 6. The van der Waals surface area contributed by atoms with Crippen molar-refractivity contribution < 1.29 is 9.59 Å². The summed E-state index contributed by atoms with van der Waals surface area (Å²) < 4.78 is 0. The Morgan fingerprint density at radius 1 is 1.19 bits per heavy atom. The van der Waals surface area contributed by atoms with E-state index in [0.29, 0.717) is 48.0 Å². The van der Waals surface area contributed by atoms with Crippen LogP contribution in [0.5, 0.6) is 0 Å². The first-order valence-corrected chi connectivity index (χ1v) is 11.0. The van der Waals surface area contributed by atoms with Gasteiger partial charge in [0.1, 0.15) is 22.6 Å². The Hall–Kier alpha value is -3.57. The molecule has 0 unspecified atom stereocenters. The van der Waals surface area contributed by atoms with Crippen LogP contribution in [0.4, 0.5) is 17.1 Å². The first-order valence-electron chi connectivity index (χ1n) is 10.1. The topological polar surface area (TPSA) is 152 Å². The standard InChI is InChI=1S/C21H24N8O2S/c1-24-21(20(23)31)4-6-29(7-5-21)17-3-2-14(22)8-15(17)27-18(30)16-11-32-19(28-16)13-9-25-12-26-10-13/h2-3,8-12,24H,4-7,22H2,1H3,(H2,23,31)(H,27,30). The highest BCUT2D eigenvalue weighted by atomic mass is 32.1. The molecule has 166 valence electrons. The minimum absolute atomic E-state index is 0.295. The molecule has 0 radical (unpaired) electrons. The normalized spacial score (nSPS) is 15.3. The van der Waals surface area contributed by atoms with Crippen LogP contribution in [0.1, 0.15) is 23.3 Å². The molecule has 11 heteroatoms. The van der Waals surface area contributed by atoms with Crippen molar-refractivity contribution in [3.63, 3.8) is 0 Å². The van der Waals surface area contributed by atoms with E-state index in [1.165, 1.54) is 17.7 Å². The maximum absolute atomic E-state index is 12.9. The van der Waals surface area contributed by atoms with Crippen LogP contribution in [0.3, 0.4) is 0 Å². The zero-order valence-corrected chi connectivity index (χ0v) is 18.4. The first-order chi connectivity index (χ1) is 15.4. The number of likely N-dealkylation sites (N-methyl/N-ethyl adjacent to an activating group) is 1. The predicted molar refractivity (Wildman–Crippen MR) is 124 cm³/mol. The average molecular weight is 453 g/mol. The van der Waals surface area contributed by atoms with E-state index in [1.807, 2.05) is 6.07 Å². The summed E-state index contributed by atoms with van der Waals surface area (Å²) in [7, 11) is 1.75. The highest BCUT2D eigenvalue weighted by molar-refractivity contribution is 7.13. The van der Waals surface area contributed by atoms with Gasteiger partial charge in [0.2, 0.25) is 5.91 Å². The van der Waals surface area contributed by atoms with Gasteiger partial charge in [-0.25, -0.2) is 15.0 Å². The van der Waals surface area contributed by atoms with E-state index in [2.05, 4.69) is 30.5 Å². The number of nitrogens with zero attached hydrogens (tertiary/aromatic N) is 4. The fourth-order valence-corrected chi connectivity index (χ4v) is 4.56. The van der Waals surface area contributed by atoms with Crippen molar-refractivity contribution in [1.29, 1.82) is 0 Å². The molecule has 1 saturated heterocycles. The number of primary amides is 1. The summed E-state index contributed by atoms with van der Waals surface area (Å²) >= 11 is 1.34. The SMILES string of the molecule is CNC1(C(N)=O)CCN(c2ccc(N)cc2NC(=O)c2csc(-c3cncnc3)n2)CC1. The van der Waals surface area contributed by atoms with E-state index >= 15 is 0 Å². The fourth-order valence-electron chi connectivity index (χ4n) is 3.78. The number of aromatic nitrogens is 3. The summed E-state index contributed by atoms with van der Waals surface area (Å²) in [5, 5.41) is 8.36. The number of amides is 2. The fraction of sp³-hybridized carbons (Fsp3) is 0.286. The number of benzene rings is 1. The van der Waals surface area contributed by atoms with Gasteiger partial charge in [-0.2, -0.15) is 0 Å². The van der Waals surface area contributed by atoms with E-state index < -0.39 is 5.54 Å². The number of carbonyl (C=O) groups excluding carboxylic acids is 2. The molecule has 0 saturated carbocycles. The van der Waals surface area contributed by atoms with Crippen LogP contribution in [0, 0.1) is 0 Å². The molecule has 4 rings (SSSR count). The van der Waals surface area contributed by atoms with Crippen molar-refractivity contribution in [2.45, 2.75) is 18.4 Å². The van der Waals surface area contributed by atoms with Crippen LogP contribution < -0.4 is 27.0 Å². The van der Waals surface area contributed by atoms with Crippen LogP contribution in [-0.4, -0.2) is 52.4 Å². The molecule has 1 aliphatic heterocycles. The minimum atomic E-state index is -0.716. The number of carbonyl (C=O) groups is 2. The Balaban J connectivity index is 1.53. The summed E-state index contributed by atoms with van der Waals surface area (Å²) in [5.74, 6) is -0.691. The number of anilines is 3. The molecule has 3 heterocycles. The first kappa shape index (κ1) is 21.7. The second-order valence-electron chi connectivity index (χ2n) is 7.58. The molecule has 10 nitrogen and oxygen atoms in total. The van der Waals surface area contributed by atoms with E-state index in [-0.39, 0.29) is 11.8 Å². The molecule has 6 N–H and O–H groups in total. The Morgan fingerprint density at radius 3 is 2.56 bits per heavy atom. The Kier molecular flexibility index (Phi) is 6.01. The van der Waals surface area contributed by atoms with Crippen molar-refractivity contribution in [2.75, 3.05) is 36.1 Å². The van der Waals surface area contributed by atoms with Crippen molar-refractivity contribution >= 4 is 40.2 Å². The lowest BCUT2D eigenvalue weighted by Crippen LogP contribution is -2.59. The molecule has 1 aliphatic rings. The third-order valence-electron chi connectivity index (χ3n) is 5.72. The molecule has 32 heavy (non-hydrogen) atoms. The molecule has 0 atom stereocenters. The van der Waals surface area contributed by atoms with Gasteiger partial charge in [0.25, 0.3) is 5.91 Å². The number of thiazole rings is 1. The summed E-state index contributed by atoms with van der Waals surface area (Å²) in [5.41, 5.74) is 13.9. The molecule has 3 aromatic rings. The Bertz CT molecular complexity index is 1130. The predicted octanol–water partition coefficient (Wildman–Crippen LogP) is 1.48. The highest BCUT2D eigenvalue weighted by Gasteiger charge is 2.38. The molecule has 0 spiro atoms. The maximum atomic E-state index is 12.9. The lowest BCUT2D eigenvalue weighted by molar-refractivity contribution is -0.125. The number of nitrogen functional groups attached to an aromatic ring is 1. The van der Waals surface area contributed by atoms with Gasteiger partial charge in [-0.1, -0.05) is 0 Å². The zero-order valence-electron chi connectivity index (χ0n) is 17.5. The van der Waals surface area contributed by atoms with Gasteiger partial charge in [0.15, 0.2) is 0 Å². The molecular weight excluding hydrogens is 428 g/mol. The smallest absolute Gasteiger partial charge is 0.275 e. The Morgan fingerprint density at radius 2 is 1.91 bits per heavy atom. The van der Waals surface area contributed by atoms with Gasteiger partial charge in [-0.15, -0.1) is 11.3 Å². The number of nitrogens with two attached hydrogens (primary N) is 2. The van der Waals surface area contributed by atoms with Crippen LogP contribution in [-0.2, 0) is 4.79 Å².